The molecule has 0 spiro atoms. The second kappa shape index (κ2) is 5.67. The first-order valence-corrected chi connectivity index (χ1v) is 6.82. The fraction of sp³-hybridized carbons (Fsp3) is 0.692. The van der Waals surface area contributed by atoms with Crippen LogP contribution < -0.4 is 10.6 Å². The Hall–Kier alpha value is -1.57. The van der Waals surface area contributed by atoms with Crippen molar-refractivity contribution >= 4 is 11.8 Å². The number of hydrogen-bond donors (Lipinski definition) is 2. The molecule has 0 radical (unpaired) electrons. The van der Waals surface area contributed by atoms with E-state index in [9.17, 15) is 13.2 Å². The topological polar surface area (TPSA) is 53.1 Å². The summed E-state index contributed by atoms with van der Waals surface area (Å²) in [6.45, 7) is 0.567. The molecule has 0 bridgehead atoms. The lowest BCUT2D eigenvalue weighted by Gasteiger charge is -2.47. The minimum atomic E-state index is -4.49. The molecule has 1 heterocycles. The normalized spacial score (nSPS) is 17.5. The van der Waals surface area contributed by atoms with E-state index in [1.165, 1.54) is 7.05 Å². The van der Waals surface area contributed by atoms with Crippen molar-refractivity contribution in [1.82, 2.24) is 14.9 Å². The maximum atomic E-state index is 12.8. The molecule has 0 amide bonds. The largest absolute Gasteiger partial charge is 0.433 e. The number of halogens is 3. The summed E-state index contributed by atoms with van der Waals surface area (Å²) in [5, 5.41) is 5.58. The van der Waals surface area contributed by atoms with E-state index in [1.54, 1.807) is 0 Å². The number of nitrogens with one attached hydrogen (secondary N) is 2. The van der Waals surface area contributed by atoms with Gasteiger partial charge in [0.05, 0.1) is 0 Å². The van der Waals surface area contributed by atoms with Crippen molar-refractivity contribution in [2.24, 2.45) is 0 Å². The molecule has 2 rings (SSSR count). The molecule has 0 unspecified atom stereocenters. The molecule has 1 aromatic rings. The smallest absolute Gasteiger partial charge is 0.368 e. The lowest BCUT2D eigenvalue weighted by atomic mass is 9.75. The van der Waals surface area contributed by atoms with E-state index in [0.29, 0.717) is 6.54 Å². The second-order valence-corrected chi connectivity index (χ2v) is 5.54. The maximum absolute atomic E-state index is 12.8. The van der Waals surface area contributed by atoms with Crippen LogP contribution in [0.2, 0.25) is 0 Å². The highest BCUT2D eigenvalue weighted by molar-refractivity contribution is 5.43. The Morgan fingerprint density at radius 2 is 1.95 bits per heavy atom. The van der Waals surface area contributed by atoms with Crippen LogP contribution >= 0.6 is 0 Å². The number of rotatable bonds is 5. The highest BCUT2D eigenvalue weighted by Crippen LogP contribution is 2.36. The van der Waals surface area contributed by atoms with Crippen molar-refractivity contribution < 1.29 is 13.2 Å². The van der Waals surface area contributed by atoms with Crippen LogP contribution in [0.1, 0.15) is 25.0 Å². The van der Waals surface area contributed by atoms with Crippen molar-refractivity contribution in [1.29, 1.82) is 0 Å². The first kappa shape index (κ1) is 15.8. The molecular weight excluding hydrogens is 283 g/mol. The summed E-state index contributed by atoms with van der Waals surface area (Å²) in [4.78, 5) is 9.59. The van der Waals surface area contributed by atoms with Gasteiger partial charge in [-0.15, -0.1) is 0 Å². The van der Waals surface area contributed by atoms with Crippen LogP contribution in [0.3, 0.4) is 0 Å². The molecule has 1 aliphatic rings. The van der Waals surface area contributed by atoms with Crippen LogP contribution in [0.25, 0.3) is 0 Å². The molecule has 1 aromatic heterocycles. The van der Waals surface area contributed by atoms with E-state index in [0.717, 1.165) is 25.3 Å². The summed E-state index contributed by atoms with van der Waals surface area (Å²) in [6.07, 6.45) is -1.29. The van der Waals surface area contributed by atoms with Crippen LogP contribution in [0.5, 0.6) is 0 Å². The van der Waals surface area contributed by atoms with Crippen molar-refractivity contribution in [2.45, 2.75) is 31.0 Å². The zero-order valence-electron chi connectivity index (χ0n) is 12.4. The van der Waals surface area contributed by atoms with Crippen LogP contribution in [-0.2, 0) is 6.18 Å². The molecule has 0 aromatic carbocycles. The summed E-state index contributed by atoms with van der Waals surface area (Å²) in [5.74, 6) is 0.148. The van der Waals surface area contributed by atoms with Gasteiger partial charge in [0, 0.05) is 25.2 Å². The van der Waals surface area contributed by atoms with Gasteiger partial charge >= 0.3 is 6.18 Å². The number of hydrogen-bond acceptors (Lipinski definition) is 5. The summed E-state index contributed by atoms with van der Waals surface area (Å²) in [7, 11) is 5.47. The van der Waals surface area contributed by atoms with Gasteiger partial charge in [0.15, 0.2) is 5.69 Å². The zero-order valence-corrected chi connectivity index (χ0v) is 12.4. The standard InChI is InChI=1S/C13H20F3N5/c1-17-11-19-9(13(14,15)16)7-10(20-11)18-8-12(21(2)3)5-4-6-12/h7H,4-6,8H2,1-3H3,(H2,17,18,19,20). The third-order valence-corrected chi connectivity index (χ3v) is 4.07. The fourth-order valence-corrected chi connectivity index (χ4v) is 2.42. The van der Waals surface area contributed by atoms with Crippen molar-refractivity contribution in [2.75, 3.05) is 38.3 Å². The Morgan fingerprint density at radius 1 is 1.29 bits per heavy atom. The van der Waals surface area contributed by atoms with Crippen LogP contribution in [0.4, 0.5) is 24.9 Å². The Bertz CT molecular complexity index is 497. The van der Waals surface area contributed by atoms with Gasteiger partial charge in [0.2, 0.25) is 5.95 Å². The molecule has 0 saturated heterocycles. The number of likely N-dealkylation sites (N-methyl/N-ethyl adjacent to an activating group) is 1. The molecular formula is C13H20F3N5. The average Bonchev–Trinajstić information content (AvgIpc) is 2.35. The monoisotopic (exact) mass is 303 g/mol. The van der Waals surface area contributed by atoms with E-state index in [-0.39, 0.29) is 17.3 Å². The maximum Gasteiger partial charge on any atom is 0.433 e. The number of aromatic nitrogens is 2. The second-order valence-electron chi connectivity index (χ2n) is 5.54. The van der Waals surface area contributed by atoms with Crippen molar-refractivity contribution in [3.8, 4) is 0 Å². The molecule has 2 N–H and O–H groups in total. The third kappa shape index (κ3) is 3.37. The van der Waals surface area contributed by atoms with Crippen LogP contribution in [0.15, 0.2) is 6.07 Å². The van der Waals surface area contributed by atoms with Gasteiger partial charge in [-0.3, -0.25) is 0 Å². The number of anilines is 2. The van der Waals surface area contributed by atoms with Gasteiger partial charge < -0.3 is 15.5 Å². The minimum Gasteiger partial charge on any atom is -0.368 e. The van der Waals surface area contributed by atoms with Gasteiger partial charge in [0.1, 0.15) is 5.82 Å². The highest BCUT2D eigenvalue weighted by atomic mass is 19.4. The summed E-state index contributed by atoms with van der Waals surface area (Å²) < 4.78 is 38.4. The highest BCUT2D eigenvalue weighted by Gasteiger charge is 2.39. The Balaban J connectivity index is 2.16. The van der Waals surface area contributed by atoms with Crippen LogP contribution in [0, 0.1) is 0 Å². The van der Waals surface area contributed by atoms with E-state index in [1.807, 2.05) is 14.1 Å². The third-order valence-electron chi connectivity index (χ3n) is 4.07. The molecule has 1 aliphatic carbocycles. The van der Waals surface area contributed by atoms with E-state index in [2.05, 4.69) is 25.5 Å². The molecule has 8 heteroatoms. The first-order chi connectivity index (χ1) is 9.77. The quantitative estimate of drug-likeness (QED) is 0.875. The average molecular weight is 303 g/mol. The Labute approximate surface area is 122 Å². The lowest BCUT2D eigenvalue weighted by Crippen LogP contribution is -2.54. The van der Waals surface area contributed by atoms with Gasteiger partial charge in [-0.25, -0.2) is 4.98 Å². The molecule has 118 valence electrons. The first-order valence-electron chi connectivity index (χ1n) is 6.82. The Kier molecular flexibility index (Phi) is 4.27. The zero-order chi connectivity index (χ0) is 15.7. The van der Waals surface area contributed by atoms with Gasteiger partial charge in [-0.05, 0) is 33.4 Å². The SMILES string of the molecule is CNc1nc(NCC2(N(C)C)CCC2)cc(C(F)(F)F)n1. The molecule has 1 fully saturated rings. The predicted molar refractivity (Wildman–Crippen MR) is 75.3 cm³/mol. The van der Waals surface area contributed by atoms with Crippen molar-refractivity contribution in [3.63, 3.8) is 0 Å². The lowest BCUT2D eigenvalue weighted by molar-refractivity contribution is -0.141. The van der Waals surface area contributed by atoms with Crippen LogP contribution in [-0.4, -0.2) is 48.1 Å². The minimum absolute atomic E-state index is 0.00313. The van der Waals surface area contributed by atoms with Gasteiger partial charge in [-0.1, -0.05) is 0 Å². The molecule has 1 saturated carbocycles. The van der Waals surface area contributed by atoms with E-state index < -0.39 is 11.9 Å². The fourth-order valence-electron chi connectivity index (χ4n) is 2.42. The molecule has 21 heavy (non-hydrogen) atoms. The van der Waals surface area contributed by atoms with E-state index in [4.69, 9.17) is 0 Å². The van der Waals surface area contributed by atoms with E-state index >= 15 is 0 Å². The number of alkyl halides is 3. The summed E-state index contributed by atoms with van der Waals surface area (Å²) in [5.41, 5.74) is -0.944. The molecule has 0 aliphatic heterocycles. The predicted octanol–water partition coefficient (Wildman–Crippen LogP) is 2.43. The van der Waals surface area contributed by atoms with Crippen molar-refractivity contribution in [3.05, 3.63) is 11.8 Å². The molecule has 5 nitrogen and oxygen atoms in total. The van der Waals surface area contributed by atoms with Gasteiger partial charge in [0.25, 0.3) is 0 Å². The summed E-state index contributed by atoms with van der Waals surface area (Å²) in [6, 6.07) is 0.947. The van der Waals surface area contributed by atoms with Gasteiger partial charge in [-0.2, -0.15) is 18.2 Å². The summed E-state index contributed by atoms with van der Waals surface area (Å²) >= 11 is 0. The molecule has 0 atom stereocenters. The number of nitrogens with zero attached hydrogens (tertiary/aromatic N) is 3. The Morgan fingerprint density at radius 3 is 2.38 bits per heavy atom.